The number of aryl methyl sites for hydroxylation is 2. The second-order valence-corrected chi connectivity index (χ2v) is 5.30. The van der Waals surface area contributed by atoms with Crippen LogP contribution in [0, 0.1) is 0 Å². The molecule has 0 saturated heterocycles. The van der Waals surface area contributed by atoms with E-state index in [4.69, 9.17) is 0 Å². The Bertz CT molecular complexity index is 479. The van der Waals surface area contributed by atoms with Crippen LogP contribution >= 0.6 is 0 Å². The van der Waals surface area contributed by atoms with Gasteiger partial charge in [0, 0.05) is 18.9 Å². The highest BCUT2D eigenvalue weighted by atomic mass is 16.3. The van der Waals surface area contributed by atoms with Crippen LogP contribution in [0.3, 0.4) is 0 Å². The van der Waals surface area contributed by atoms with E-state index in [-0.39, 0.29) is 0 Å². The molecule has 0 unspecified atom stereocenters. The summed E-state index contributed by atoms with van der Waals surface area (Å²) in [7, 11) is 0. The first-order valence-corrected chi connectivity index (χ1v) is 7.59. The first-order valence-electron chi connectivity index (χ1n) is 7.59. The highest BCUT2D eigenvalue weighted by Crippen LogP contribution is 2.18. The van der Waals surface area contributed by atoms with Crippen LogP contribution < -0.4 is 0 Å². The van der Waals surface area contributed by atoms with Gasteiger partial charge in [0.25, 0.3) is 0 Å². The molecule has 2 rings (SSSR count). The molecule has 2 aromatic rings. The molecule has 0 spiro atoms. The zero-order valence-corrected chi connectivity index (χ0v) is 12.0. The van der Waals surface area contributed by atoms with E-state index >= 15 is 0 Å². The largest absolute Gasteiger partial charge is 0.508 e. The maximum absolute atomic E-state index is 9.67. The van der Waals surface area contributed by atoms with Crippen molar-refractivity contribution < 1.29 is 5.11 Å². The molecule has 108 valence electrons. The lowest BCUT2D eigenvalue weighted by Gasteiger charge is -2.05. The van der Waals surface area contributed by atoms with Crippen molar-refractivity contribution in [3.8, 4) is 5.75 Å². The molecule has 0 radical (unpaired) electrons. The third-order valence-corrected chi connectivity index (χ3v) is 3.66. The molecule has 0 atom stereocenters. The maximum Gasteiger partial charge on any atom is 0.118 e. The zero-order chi connectivity index (χ0) is 14.0. The quantitative estimate of drug-likeness (QED) is 0.696. The van der Waals surface area contributed by atoms with Gasteiger partial charge in [-0.25, -0.2) is 4.98 Å². The highest BCUT2D eigenvalue weighted by molar-refractivity contribution is 5.31. The topological polar surface area (TPSA) is 38.0 Å². The van der Waals surface area contributed by atoms with Gasteiger partial charge in [0.2, 0.25) is 0 Å². The molecule has 1 aromatic heterocycles. The highest BCUT2D eigenvalue weighted by Gasteiger charge is 1.99. The number of hydrogen-bond donors (Lipinski definition) is 1. The van der Waals surface area contributed by atoms with Crippen molar-refractivity contribution >= 4 is 0 Å². The summed E-state index contributed by atoms with van der Waals surface area (Å²) in [4.78, 5) is 4.04. The standard InChI is InChI=1S/C17H24N2O/c20-17-11-7-6-10-16(17)9-5-3-1-2-4-8-13-19-14-12-18-15-19/h6-7,10-12,14-15,20H,1-5,8-9,13H2. The number of para-hydroxylation sites is 1. The van der Waals surface area contributed by atoms with E-state index in [0.29, 0.717) is 5.75 Å². The molecule has 0 saturated carbocycles. The van der Waals surface area contributed by atoms with E-state index in [9.17, 15) is 5.11 Å². The molecule has 20 heavy (non-hydrogen) atoms. The number of phenols is 1. The van der Waals surface area contributed by atoms with Crippen LogP contribution in [-0.4, -0.2) is 14.7 Å². The number of imidazole rings is 1. The molecule has 3 heteroatoms. The third-order valence-electron chi connectivity index (χ3n) is 3.66. The molecule has 0 aliphatic rings. The van der Waals surface area contributed by atoms with Gasteiger partial charge in [-0.3, -0.25) is 0 Å². The molecule has 1 N–H and O–H groups in total. The summed E-state index contributed by atoms with van der Waals surface area (Å²) in [6, 6.07) is 7.65. The number of benzene rings is 1. The van der Waals surface area contributed by atoms with Crippen molar-refractivity contribution in [3.63, 3.8) is 0 Å². The molecule has 0 bridgehead atoms. The molecule has 0 aliphatic carbocycles. The molecule has 3 nitrogen and oxygen atoms in total. The average Bonchev–Trinajstić information content (AvgIpc) is 2.97. The maximum atomic E-state index is 9.67. The average molecular weight is 272 g/mol. The van der Waals surface area contributed by atoms with Crippen molar-refractivity contribution in [1.82, 2.24) is 9.55 Å². The van der Waals surface area contributed by atoms with E-state index in [0.717, 1.165) is 18.5 Å². The number of phenolic OH excluding ortho intramolecular Hbond substituents is 1. The van der Waals surface area contributed by atoms with Crippen LogP contribution in [0.5, 0.6) is 5.75 Å². The molecule has 0 amide bonds. The van der Waals surface area contributed by atoms with Crippen LogP contribution in [0.15, 0.2) is 43.0 Å². The van der Waals surface area contributed by atoms with Crippen LogP contribution in [0.25, 0.3) is 0 Å². The molecular weight excluding hydrogens is 248 g/mol. The van der Waals surface area contributed by atoms with Crippen molar-refractivity contribution in [3.05, 3.63) is 48.5 Å². The number of aromatic nitrogens is 2. The van der Waals surface area contributed by atoms with E-state index in [1.165, 1.54) is 38.5 Å². The van der Waals surface area contributed by atoms with E-state index in [2.05, 4.69) is 9.55 Å². The van der Waals surface area contributed by atoms with Crippen molar-refractivity contribution in [2.45, 2.75) is 51.5 Å². The molecule has 1 heterocycles. The summed E-state index contributed by atoms with van der Waals surface area (Å²) >= 11 is 0. The molecular formula is C17H24N2O. The minimum atomic E-state index is 0.438. The molecule has 0 fully saturated rings. The lowest BCUT2D eigenvalue weighted by molar-refractivity contribution is 0.465. The third kappa shape index (κ3) is 5.08. The van der Waals surface area contributed by atoms with Gasteiger partial charge in [-0.15, -0.1) is 0 Å². The van der Waals surface area contributed by atoms with Crippen molar-refractivity contribution in [2.24, 2.45) is 0 Å². The minimum Gasteiger partial charge on any atom is -0.508 e. The number of unbranched alkanes of at least 4 members (excludes halogenated alkanes) is 5. The number of aromatic hydroxyl groups is 1. The summed E-state index contributed by atoms with van der Waals surface area (Å²) in [6.07, 6.45) is 14.2. The predicted molar refractivity (Wildman–Crippen MR) is 81.7 cm³/mol. The van der Waals surface area contributed by atoms with Gasteiger partial charge in [-0.1, -0.05) is 43.9 Å². The van der Waals surface area contributed by atoms with Gasteiger partial charge < -0.3 is 9.67 Å². The second kappa shape index (κ2) is 8.41. The SMILES string of the molecule is Oc1ccccc1CCCCCCCCn1ccnc1. The Morgan fingerprint density at radius 2 is 1.70 bits per heavy atom. The van der Waals surface area contributed by atoms with Crippen LogP contribution in [0.2, 0.25) is 0 Å². The number of nitrogens with zero attached hydrogens (tertiary/aromatic N) is 2. The molecule has 0 aliphatic heterocycles. The van der Waals surface area contributed by atoms with Gasteiger partial charge in [0.05, 0.1) is 6.33 Å². The van der Waals surface area contributed by atoms with Crippen molar-refractivity contribution in [1.29, 1.82) is 0 Å². The summed E-state index contributed by atoms with van der Waals surface area (Å²) in [5.74, 6) is 0.438. The first kappa shape index (κ1) is 14.6. The Morgan fingerprint density at radius 1 is 0.950 bits per heavy atom. The fraction of sp³-hybridized carbons (Fsp3) is 0.471. The zero-order valence-electron chi connectivity index (χ0n) is 12.0. The van der Waals surface area contributed by atoms with E-state index < -0.39 is 0 Å². The Kier molecular flexibility index (Phi) is 6.15. The first-order chi connectivity index (χ1) is 9.86. The Labute approximate surface area is 121 Å². The van der Waals surface area contributed by atoms with Gasteiger partial charge in [0.15, 0.2) is 0 Å². The summed E-state index contributed by atoms with van der Waals surface area (Å²) in [5, 5.41) is 9.67. The normalized spacial score (nSPS) is 10.8. The van der Waals surface area contributed by atoms with E-state index in [1.807, 2.05) is 36.9 Å². The Balaban J connectivity index is 1.47. The van der Waals surface area contributed by atoms with Crippen LogP contribution in [0.1, 0.15) is 44.1 Å². The van der Waals surface area contributed by atoms with Gasteiger partial charge in [-0.2, -0.15) is 0 Å². The Hall–Kier alpha value is -1.77. The summed E-state index contributed by atoms with van der Waals surface area (Å²) in [5.41, 5.74) is 1.08. The summed E-state index contributed by atoms with van der Waals surface area (Å²) in [6.45, 7) is 1.08. The fourth-order valence-electron chi connectivity index (χ4n) is 2.46. The molecule has 1 aromatic carbocycles. The summed E-state index contributed by atoms with van der Waals surface area (Å²) < 4.78 is 2.14. The van der Waals surface area contributed by atoms with Gasteiger partial charge >= 0.3 is 0 Å². The van der Waals surface area contributed by atoms with Crippen molar-refractivity contribution in [2.75, 3.05) is 0 Å². The second-order valence-electron chi connectivity index (χ2n) is 5.30. The van der Waals surface area contributed by atoms with Crippen LogP contribution in [-0.2, 0) is 13.0 Å². The van der Waals surface area contributed by atoms with Gasteiger partial charge in [-0.05, 0) is 30.9 Å². The monoisotopic (exact) mass is 272 g/mol. The lowest BCUT2D eigenvalue weighted by Crippen LogP contribution is -1.94. The lowest BCUT2D eigenvalue weighted by atomic mass is 10.0. The van der Waals surface area contributed by atoms with E-state index in [1.54, 1.807) is 6.07 Å². The predicted octanol–water partition coefficient (Wildman–Crippen LogP) is 4.17. The van der Waals surface area contributed by atoms with Crippen LogP contribution in [0.4, 0.5) is 0 Å². The number of hydrogen-bond acceptors (Lipinski definition) is 2. The fourth-order valence-corrected chi connectivity index (χ4v) is 2.46. The minimum absolute atomic E-state index is 0.438. The Morgan fingerprint density at radius 3 is 2.45 bits per heavy atom. The van der Waals surface area contributed by atoms with Gasteiger partial charge in [0.1, 0.15) is 5.75 Å². The number of rotatable bonds is 9. The smallest absolute Gasteiger partial charge is 0.118 e.